The van der Waals surface area contributed by atoms with Crippen LogP contribution in [0.15, 0.2) is 30.6 Å². The molecule has 0 saturated heterocycles. The highest BCUT2D eigenvalue weighted by atomic mass is 19.1. The van der Waals surface area contributed by atoms with E-state index in [0.717, 1.165) is 23.7 Å². The highest BCUT2D eigenvalue weighted by molar-refractivity contribution is 5.47. The quantitative estimate of drug-likeness (QED) is 0.897. The molecular formula is C14H18FN3. The van der Waals surface area contributed by atoms with E-state index < -0.39 is 0 Å². The third-order valence-corrected chi connectivity index (χ3v) is 2.74. The second-order valence-electron chi connectivity index (χ2n) is 4.83. The number of benzene rings is 1. The molecule has 0 amide bonds. The smallest absolute Gasteiger partial charge is 0.207 e. The minimum absolute atomic E-state index is 0.237. The molecule has 0 fully saturated rings. The molecule has 4 heteroatoms. The van der Waals surface area contributed by atoms with E-state index in [4.69, 9.17) is 0 Å². The lowest BCUT2D eigenvalue weighted by Gasteiger charge is -2.13. The predicted molar refractivity (Wildman–Crippen MR) is 71.6 cm³/mol. The van der Waals surface area contributed by atoms with Gasteiger partial charge in [-0.3, -0.25) is 4.57 Å². The van der Waals surface area contributed by atoms with Gasteiger partial charge in [-0.2, -0.15) is 0 Å². The molecule has 1 aromatic carbocycles. The van der Waals surface area contributed by atoms with Crippen LogP contribution in [0.25, 0.3) is 5.69 Å². The molecule has 0 saturated carbocycles. The van der Waals surface area contributed by atoms with Crippen LogP contribution in [0, 0.1) is 18.7 Å². The number of aromatic nitrogens is 2. The van der Waals surface area contributed by atoms with Crippen molar-refractivity contribution in [3.63, 3.8) is 0 Å². The highest BCUT2D eigenvalue weighted by Crippen LogP contribution is 2.19. The minimum atomic E-state index is -0.237. The first-order valence-electron chi connectivity index (χ1n) is 6.11. The number of nitrogens with zero attached hydrogens (tertiary/aromatic N) is 2. The summed E-state index contributed by atoms with van der Waals surface area (Å²) in [6.45, 7) is 7.06. The van der Waals surface area contributed by atoms with Crippen molar-refractivity contribution in [2.45, 2.75) is 20.8 Å². The van der Waals surface area contributed by atoms with Gasteiger partial charge in [0.1, 0.15) is 5.82 Å². The van der Waals surface area contributed by atoms with Crippen molar-refractivity contribution in [3.05, 3.63) is 42.0 Å². The summed E-state index contributed by atoms with van der Waals surface area (Å²) in [5.41, 5.74) is 1.83. The van der Waals surface area contributed by atoms with Gasteiger partial charge in [0.2, 0.25) is 5.95 Å². The van der Waals surface area contributed by atoms with E-state index in [0.29, 0.717) is 5.92 Å². The summed E-state index contributed by atoms with van der Waals surface area (Å²) in [6, 6.07) is 4.77. The molecule has 0 unspecified atom stereocenters. The van der Waals surface area contributed by atoms with Crippen molar-refractivity contribution in [2.75, 3.05) is 11.9 Å². The number of anilines is 1. The summed E-state index contributed by atoms with van der Waals surface area (Å²) in [6.07, 6.45) is 3.55. The maximum atomic E-state index is 13.3. The zero-order valence-electron chi connectivity index (χ0n) is 10.9. The Hall–Kier alpha value is -1.84. The molecule has 1 heterocycles. The molecule has 0 atom stereocenters. The van der Waals surface area contributed by atoms with Crippen molar-refractivity contribution in [1.29, 1.82) is 0 Å². The summed E-state index contributed by atoms with van der Waals surface area (Å²) in [5.74, 6) is 1.04. The second kappa shape index (κ2) is 5.21. The number of hydrogen-bond donors (Lipinski definition) is 1. The van der Waals surface area contributed by atoms with Gasteiger partial charge in [-0.05, 0) is 30.5 Å². The molecule has 1 N–H and O–H groups in total. The SMILES string of the molecule is Cc1ccc(F)cc1-n1ccnc1NCC(C)C. The van der Waals surface area contributed by atoms with Crippen LogP contribution in [-0.4, -0.2) is 16.1 Å². The van der Waals surface area contributed by atoms with Crippen LogP contribution in [0.5, 0.6) is 0 Å². The van der Waals surface area contributed by atoms with Gasteiger partial charge in [0.05, 0.1) is 5.69 Å². The lowest BCUT2D eigenvalue weighted by Crippen LogP contribution is -2.12. The molecule has 96 valence electrons. The minimum Gasteiger partial charge on any atom is -0.355 e. The maximum Gasteiger partial charge on any atom is 0.207 e. The summed E-state index contributed by atoms with van der Waals surface area (Å²) >= 11 is 0. The molecule has 0 aliphatic heterocycles. The Labute approximate surface area is 107 Å². The average molecular weight is 247 g/mol. The fraction of sp³-hybridized carbons (Fsp3) is 0.357. The van der Waals surface area contributed by atoms with Crippen molar-refractivity contribution in [1.82, 2.24) is 9.55 Å². The highest BCUT2D eigenvalue weighted by Gasteiger charge is 2.08. The number of imidazole rings is 1. The molecule has 18 heavy (non-hydrogen) atoms. The van der Waals surface area contributed by atoms with Crippen LogP contribution >= 0.6 is 0 Å². The fourth-order valence-electron chi connectivity index (χ4n) is 1.77. The van der Waals surface area contributed by atoms with Gasteiger partial charge in [-0.15, -0.1) is 0 Å². The van der Waals surface area contributed by atoms with Gasteiger partial charge in [-0.1, -0.05) is 19.9 Å². The molecule has 2 aromatic rings. The van der Waals surface area contributed by atoms with Crippen molar-refractivity contribution in [3.8, 4) is 5.69 Å². The van der Waals surface area contributed by atoms with Crippen LogP contribution in [0.3, 0.4) is 0 Å². The van der Waals surface area contributed by atoms with Gasteiger partial charge in [0, 0.05) is 18.9 Å². The summed E-state index contributed by atoms with van der Waals surface area (Å²) in [5, 5.41) is 3.27. The third-order valence-electron chi connectivity index (χ3n) is 2.74. The Morgan fingerprint density at radius 3 is 2.89 bits per heavy atom. The molecule has 0 aliphatic carbocycles. The summed E-state index contributed by atoms with van der Waals surface area (Å²) in [4.78, 5) is 4.26. The van der Waals surface area contributed by atoms with Crippen molar-refractivity contribution < 1.29 is 4.39 Å². The lowest BCUT2D eigenvalue weighted by molar-refractivity contribution is 0.626. The first-order chi connectivity index (χ1) is 8.58. The normalized spacial score (nSPS) is 10.9. The van der Waals surface area contributed by atoms with E-state index >= 15 is 0 Å². The van der Waals surface area contributed by atoms with Gasteiger partial charge in [0.15, 0.2) is 0 Å². The number of nitrogens with one attached hydrogen (secondary N) is 1. The number of halogens is 1. The van der Waals surface area contributed by atoms with E-state index in [1.54, 1.807) is 12.3 Å². The van der Waals surface area contributed by atoms with Gasteiger partial charge in [-0.25, -0.2) is 9.37 Å². The van der Waals surface area contributed by atoms with E-state index in [9.17, 15) is 4.39 Å². The number of hydrogen-bond acceptors (Lipinski definition) is 2. The third kappa shape index (κ3) is 2.70. The Bertz CT molecular complexity index is 532. The van der Waals surface area contributed by atoms with Crippen molar-refractivity contribution in [2.24, 2.45) is 5.92 Å². The van der Waals surface area contributed by atoms with E-state index in [-0.39, 0.29) is 5.82 Å². The van der Waals surface area contributed by atoms with Crippen molar-refractivity contribution >= 4 is 5.95 Å². The van der Waals surface area contributed by atoms with Gasteiger partial charge >= 0.3 is 0 Å². The first kappa shape index (κ1) is 12.6. The topological polar surface area (TPSA) is 29.9 Å². The van der Waals surface area contributed by atoms with E-state index in [1.165, 1.54) is 12.1 Å². The van der Waals surface area contributed by atoms with Gasteiger partial charge < -0.3 is 5.32 Å². The monoisotopic (exact) mass is 247 g/mol. The molecule has 0 radical (unpaired) electrons. The van der Waals surface area contributed by atoms with Crippen LogP contribution in [0.2, 0.25) is 0 Å². The predicted octanol–water partition coefficient (Wildman–Crippen LogP) is 3.39. The molecular weight excluding hydrogens is 229 g/mol. The number of rotatable bonds is 4. The molecule has 3 nitrogen and oxygen atoms in total. The van der Waals surface area contributed by atoms with Gasteiger partial charge in [0.25, 0.3) is 0 Å². The maximum absolute atomic E-state index is 13.3. The molecule has 2 rings (SSSR count). The van der Waals surface area contributed by atoms with Crippen LogP contribution < -0.4 is 5.32 Å². The average Bonchev–Trinajstić information content (AvgIpc) is 2.77. The Kier molecular flexibility index (Phi) is 3.65. The summed E-state index contributed by atoms with van der Waals surface area (Å²) in [7, 11) is 0. The van der Waals surface area contributed by atoms with Crippen LogP contribution in [0.4, 0.5) is 10.3 Å². The second-order valence-corrected chi connectivity index (χ2v) is 4.83. The Morgan fingerprint density at radius 2 is 2.17 bits per heavy atom. The Morgan fingerprint density at radius 1 is 1.39 bits per heavy atom. The van der Waals surface area contributed by atoms with Crippen LogP contribution in [-0.2, 0) is 0 Å². The molecule has 1 aromatic heterocycles. The number of aryl methyl sites for hydroxylation is 1. The van der Waals surface area contributed by atoms with E-state index in [2.05, 4.69) is 24.1 Å². The van der Waals surface area contributed by atoms with Crippen LogP contribution in [0.1, 0.15) is 19.4 Å². The fourth-order valence-corrected chi connectivity index (χ4v) is 1.77. The zero-order chi connectivity index (χ0) is 13.1. The standard InChI is InChI=1S/C14H18FN3/c1-10(2)9-17-14-16-6-7-18(14)13-8-12(15)5-4-11(13)3/h4-8,10H,9H2,1-3H3,(H,16,17). The molecule has 0 spiro atoms. The molecule has 0 bridgehead atoms. The largest absolute Gasteiger partial charge is 0.355 e. The molecule has 0 aliphatic rings. The van der Waals surface area contributed by atoms with E-state index in [1.807, 2.05) is 17.7 Å². The summed E-state index contributed by atoms with van der Waals surface area (Å²) < 4.78 is 15.2. The lowest BCUT2D eigenvalue weighted by atomic mass is 10.2. The zero-order valence-corrected chi connectivity index (χ0v) is 10.9. The Balaban J connectivity index is 2.33. The first-order valence-corrected chi connectivity index (χ1v) is 6.11.